The molecule has 0 saturated carbocycles. The summed E-state index contributed by atoms with van der Waals surface area (Å²) in [7, 11) is -2.55. The molecular weight excluding hydrogens is 340 g/mol. The van der Waals surface area contributed by atoms with E-state index in [0.717, 1.165) is 0 Å². The standard InChI is InChI=1S/C22H32O3Si/c1-21(2,3)26(19-11-7-5-8-12-19,20-13-9-6-10-14-20)25-18-16-22(4,24)15-17-23/h5-14,23-24H,15-18H2,1-4H3. The van der Waals surface area contributed by atoms with Crippen molar-refractivity contribution in [2.45, 2.75) is 51.2 Å². The molecule has 0 spiro atoms. The Balaban J connectivity index is 2.44. The lowest BCUT2D eigenvalue weighted by Crippen LogP contribution is -2.66. The molecule has 2 aromatic carbocycles. The third-order valence-electron chi connectivity index (χ3n) is 5.03. The van der Waals surface area contributed by atoms with Crippen LogP contribution in [0.2, 0.25) is 5.04 Å². The highest BCUT2D eigenvalue weighted by Crippen LogP contribution is 2.37. The third kappa shape index (κ3) is 4.63. The lowest BCUT2D eigenvalue weighted by Gasteiger charge is -2.43. The molecule has 0 aliphatic carbocycles. The van der Waals surface area contributed by atoms with E-state index in [9.17, 15) is 5.11 Å². The molecule has 3 nitrogen and oxygen atoms in total. The van der Waals surface area contributed by atoms with Gasteiger partial charge in [0.1, 0.15) is 0 Å². The monoisotopic (exact) mass is 372 g/mol. The minimum Gasteiger partial charge on any atom is -0.407 e. The molecule has 1 unspecified atom stereocenters. The Morgan fingerprint density at radius 3 is 1.65 bits per heavy atom. The van der Waals surface area contributed by atoms with Crippen molar-refractivity contribution in [1.82, 2.24) is 0 Å². The summed E-state index contributed by atoms with van der Waals surface area (Å²) < 4.78 is 6.75. The summed E-state index contributed by atoms with van der Waals surface area (Å²) >= 11 is 0. The minimum absolute atomic E-state index is 0.0216. The van der Waals surface area contributed by atoms with Crippen LogP contribution in [-0.2, 0) is 4.43 Å². The zero-order valence-electron chi connectivity index (χ0n) is 16.4. The number of hydrogen-bond acceptors (Lipinski definition) is 3. The number of rotatable bonds is 8. The quantitative estimate of drug-likeness (QED) is 0.700. The summed E-state index contributed by atoms with van der Waals surface area (Å²) in [6.07, 6.45) is 0.856. The molecule has 0 aliphatic rings. The van der Waals surface area contributed by atoms with Gasteiger partial charge in [0.05, 0.1) is 5.60 Å². The Labute approximate surface area is 158 Å². The maximum atomic E-state index is 10.4. The van der Waals surface area contributed by atoms with E-state index in [1.54, 1.807) is 6.92 Å². The van der Waals surface area contributed by atoms with E-state index in [4.69, 9.17) is 9.53 Å². The molecule has 0 aromatic heterocycles. The molecule has 1 atom stereocenters. The van der Waals surface area contributed by atoms with Crippen LogP contribution in [-0.4, -0.2) is 37.3 Å². The van der Waals surface area contributed by atoms with Gasteiger partial charge in [0.25, 0.3) is 8.32 Å². The predicted octanol–water partition coefficient (Wildman–Crippen LogP) is 3.09. The Kier molecular flexibility index (Phi) is 6.80. The van der Waals surface area contributed by atoms with Crippen LogP contribution in [0.25, 0.3) is 0 Å². The zero-order valence-corrected chi connectivity index (χ0v) is 17.4. The van der Waals surface area contributed by atoms with Gasteiger partial charge in [-0.15, -0.1) is 0 Å². The average Bonchev–Trinajstić information content (AvgIpc) is 2.59. The molecular formula is C22H32O3Si. The van der Waals surface area contributed by atoms with E-state index in [-0.39, 0.29) is 11.6 Å². The van der Waals surface area contributed by atoms with Crippen LogP contribution < -0.4 is 10.4 Å². The van der Waals surface area contributed by atoms with E-state index in [1.165, 1.54) is 10.4 Å². The van der Waals surface area contributed by atoms with Gasteiger partial charge in [0.2, 0.25) is 0 Å². The van der Waals surface area contributed by atoms with Crippen molar-refractivity contribution in [3.8, 4) is 0 Å². The second-order valence-corrected chi connectivity index (χ2v) is 12.5. The Hall–Kier alpha value is -1.46. The van der Waals surface area contributed by atoms with Crippen LogP contribution in [0.5, 0.6) is 0 Å². The molecule has 2 rings (SSSR count). The lowest BCUT2D eigenvalue weighted by molar-refractivity contribution is 0.0133. The van der Waals surface area contributed by atoms with Gasteiger partial charge in [0, 0.05) is 13.2 Å². The second-order valence-electron chi connectivity index (χ2n) is 8.23. The first-order valence-electron chi connectivity index (χ1n) is 9.31. The smallest absolute Gasteiger partial charge is 0.261 e. The molecule has 0 saturated heterocycles. The van der Waals surface area contributed by atoms with Gasteiger partial charge in [-0.25, -0.2) is 0 Å². The molecule has 0 fully saturated rings. The first kappa shape index (κ1) is 20.8. The summed E-state index contributed by atoms with van der Waals surface area (Å²) in [5.41, 5.74) is -0.917. The van der Waals surface area contributed by atoms with Gasteiger partial charge in [-0.05, 0) is 35.2 Å². The fourth-order valence-corrected chi connectivity index (χ4v) is 8.12. The third-order valence-corrected chi connectivity index (χ3v) is 10.1. The summed E-state index contributed by atoms with van der Waals surface area (Å²) in [6, 6.07) is 21.0. The summed E-state index contributed by atoms with van der Waals surface area (Å²) in [5, 5.41) is 22.0. The lowest BCUT2D eigenvalue weighted by atomic mass is 10.00. The van der Waals surface area contributed by atoms with Gasteiger partial charge in [-0.2, -0.15) is 0 Å². The number of benzene rings is 2. The van der Waals surface area contributed by atoms with Gasteiger partial charge in [-0.3, -0.25) is 0 Å². The van der Waals surface area contributed by atoms with Crippen molar-refractivity contribution in [3.05, 3.63) is 60.7 Å². The minimum atomic E-state index is -2.55. The average molecular weight is 373 g/mol. The van der Waals surface area contributed by atoms with Crippen molar-refractivity contribution in [2.75, 3.05) is 13.2 Å². The van der Waals surface area contributed by atoms with Crippen molar-refractivity contribution >= 4 is 18.7 Å². The Morgan fingerprint density at radius 1 is 0.808 bits per heavy atom. The zero-order chi connectivity index (χ0) is 19.3. The van der Waals surface area contributed by atoms with Crippen molar-refractivity contribution in [2.24, 2.45) is 0 Å². The Morgan fingerprint density at radius 2 is 1.27 bits per heavy atom. The van der Waals surface area contributed by atoms with Gasteiger partial charge >= 0.3 is 0 Å². The van der Waals surface area contributed by atoms with Crippen LogP contribution in [0.3, 0.4) is 0 Å². The molecule has 26 heavy (non-hydrogen) atoms. The number of aliphatic hydroxyl groups is 2. The normalized spacial score (nSPS) is 14.8. The molecule has 4 heteroatoms. The topological polar surface area (TPSA) is 49.7 Å². The SMILES string of the molecule is CC(O)(CCO)CCO[Si](c1ccccc1)(c1ccccc1)C(C)(C)C. The molecule has 142 valence electrons. The fraction of sp³-hybridized carbons (Fsp3) is 0.455. The molecule has 2 N–H and O–H groups in total. The highest BCUT2D eigenvalue weighted by molar-refractivity contribution is 6.99. The highest BCUT2D eigenvalue weighted by Gasteiger charge is 2.50. The van der Waals surface area contributed by atoms with Gasteiger partial charge < -0.3 is 14.6 Å². The van der Waals surface area contributed by atoms with Crippen molar-refractivity contribution in [1.29, 1.82) is 0 Å². The first-order valence-corrected chi connectivity index (χ1v) is 11.2. The molecule has 2 aromatic rings. The largest absolute Gasteiger partial charge is 0.407 e. The molecule has 0 heterocycles. The molecule has 0 amide bonds. The van der Waals surface area contributed by atoms with E-state index < -0.39 is 13.9 Å². The van der Waals surface area contributed by atoms with Crippen LogP contribution in [0, 0.1) is 0 Å². The molecule has 0 radical (unpaired) electrons. The fourth-order valence-electron chi connectivity index (χ4n) is 3.55. The molecule has 0 aliphatic heterocycles. The summed E-state index contributed by atoms with van der Waals surface area (Å²) in [6.45, 7) is 8.92. The maximum Gasteiger partial charge on any atom is 0.261 e. The van der Waals surface area contributed by atoms with Gasteiger partial charge in [0.15, 0.2) is 0 Å². The first-order chi connectivity index (χ1) is 12.2. The van der Waals surface area contributed by atoms with Crippen molar-refractivity contribution < 1.29 is 14.6 Å². The maximum absolute atomic E-state index is 10.4. The summed E-state index contributed by atoms with van der Waals surface area (Å²) in [4.78, 5) is 0. The van der Waals surface area contributed by atoms with Gasteiger partial charge in [-0.1, -0.05) is 81.4 Å². The van der Waals surface area contributed by atoms with Crippen molar-refractivity contribution in [3.63, 3.8) is 0 Å². The van der Waals surface area contributed by atoms with Crippen LogP contribution in [0.1, 0.15) is 40.5 Å². The molecule has 0 bridgehead atoms. The second kappa shape index (κ2) is 8.48. The van der Waals surface area contributed by atoms with E-state index in [0.29, 0.717) is 19.4 Å². The van der Waals surface area contributed by atoms with E-state index in [2.05, 4.69) is 69.3 Å². The predicted molar refractivity (Wildman–Crippen MR) is 111 cm³/mol. The van der Waals surface area contributed by atoms with E-state index >= 15 is 0 Å². The van der Waals surface area contributed by atoms with Crippen LogP contribution in [0.15, 0.2) is 60.7 Å². The summed E-state index contributed by atoms with van der Waals surface area (Å²) in [5.74, 6) is 0. The Bertz CT molecular complexity index is 623. The number of hydrogen-bond donors (Lipinski definition) is 2. The number of aliphatic hydroxyl groups excluding tert-OH is 1. The van der Waals surface area contributed by atoms with Crippen LogP contribution >= 0.6 is 0 Å². The van der Waals surface area contributed by atoms with Crippen LogP contribution in [0.4, 0.5) is 0 Å². The highest BCUT2D eigenvalue weighted by atomic mass is 28.4. The van der Waals surface area contributed by atoms with E-state index in [1.807, 2.05) is 12.1 Å².